The third kappa shape index (κ3) is 3.12. The Morgan fingerprint density at radius 2 is 2.16 bits per heavy atom. The predicted octanol–water partition coefficient (Wildman–Crippen LogP) is 3.49. The fourth-order valence-electron chi connectivity index (χ4n) is 2.48. The standard InChI is InChI=1S/C13H18N4OS/c1-9-15-11(8-19-9)7-14-13-17-16-12(18-13)10-5-3-2-4-6-10/h8,10H,2-7H2,1H3,(H,14,17). The van der Waals surface area contributed by atoms with Crippen LogP contribution in [0, 0.1) is 6.92 Å². The number of hydrogen-bond donors (Lipinski definition) is 1. The van der Waals surface area contributed by atoms with Gasteiger partial charge in [0.25, 0.3) is 0 Å². The summed E-state index contributed by atoms with van der Waals surface area (Å²) in [5.41, 5.74) is 1.01. The number of nitrogens with one attached hydrogen (secondary N) is 1. The van der Waals surface area contributed by atoms with E-state index in [0.29, 0.717) is 18.5 Å². The molecule has 19 heavy (non-hydrogen) atoms. The van der Waals surface area contributed by atoms with E-state index >= 15 is 0 Å². The van der Waals surface area contributed by atoms with Crippen molar-refractivity contribution in [3.63, 3.8) is 0 Å². The first kappa shape index (κ1) is 12.6. The third-order valence-corrected chi connectivity index (χ3v) is 4.30. The lowest BCUT2D eigenvalue weighted by molar-refractivity contribution is 0.367. The lowest BCUT2D eigenvalue weighted by Crippen LogP contribution is -2.04. The molecule has 0 spiro atoms. The maximum Gasteiger partial charge on any atom is 0.315 e. The second-order valence-corrected chi connectivity index (χ2v) is 6.05. The smallest absolute Gasteiger partial charge is 0.315 e. The van der Waals surface area contributed by atoms with Crippen molar-refractivity contribution in [1.29, 1.82) is 0 Å². The lowest BCUT2D eigenvalue weighted by Gasteiger charge is -2.17. The van der Waals surface area contributed by atoms with Gasteiger partial charge in [-0.25, -0.2) is 4.98 Å². The fraction of sp³-hybridized carbons (Fsp3) is 0.615. The van der Waals surface area contributed by atoms with Gasteiger partial charge in [-0.1, -0.05) is 24.4 Å². The van der Waals surface area contributed by atoms with Gasteiger partial charge in [-0.05, 0) is 19.8 Å². The Labute approximate surface area is 116 Å². The Morgan fingerprint density at radius 1 is 1.32 bits per heavy atom. The highest BCUT2D eigenvalue weighted by Gasteiger charge is 2.21. The first-order chi connectivity index (χ1) is 9.31. The van der Waals surface area contributed by atoms with Crippen LogP contribution in [0.1, 0.15) is 54.6 Å². The molecule has 0 bridgehead atoms. The Balaban J connectivity index is 1.58. The number of rotatable bonds is 4. The van der Waals surface area contributed by atoms with Crippen molar-refractivity contribution in [1.82, 2.24) is 15.2 Å². The van der Waals surface area contributed by atoms with E-state index in [2.05, 4.69) is 20.5 Å². The molecule has 6 heteroatoms. The lowest BCUT2D eigenvalue weighted by atomic mass is 9.89. The van der Waals surface area contributed by atoms with Crippen LogP contribution in [-0.2, 0) is 6.54 Å². The minimum atomic E-state index is 0.457. The summed E-state index contributed by atoms with van der Waals surface area (Å²) in [5.74, 6) is 1.25. The maximum absolute atomic E-state index is 5.69. The highest BCUT2D eigenvalue weighted by molar-refractivity contribution is 7.09. The van der Waals surface area contributed by atoms with Gasteiger partial charge in [0.1, 0.15) is 0 Å². The average Bonchev–Trinajstić information content (AvgIpc) is 3.06. The molecule has 1 aliphatic carbocycles. The molecule has 1 aliphatic rings. The molecular weight excluding hydrogens is 260 g/mol. The monoisotopic (exact) mass is 278 g/mol. The molecule has 1 saturated carbocycles. The number of hydrogen-bond acceptors (Lipinski definition) is 6. The Kier molecular flexibility index (Phi) is 3.77. The molecule has 2 aromatic rings. The summed E-state index contributed by atoms with van der Waals surface area (Å²) in [6, 6.07) is 0.506. The first-order valence-corrected chi connectivity index (χ1v) is 7.67. The van der Waals surface area contributed by atoms with E-state index in [1.54, 1.807) is 11.3 Å². The van der Waals surface area contributed by atoms with Crippen molar-refractivity contribution in [2.45, 2.75) is 51.5 Å². The Bertz CT molecular complexity index is 530. The summed E-state index contributed by atoms with van der Waals surface area (Å²) in [5, 5.41) is 14.5. The van der Waals surface area contributed by atoms with Gasteiger partial charge in [0, 0.05) is 11.3 Å². The first-order valence-electron chi connectivity index (χ1n) is 6.79. The van der Waals surface area contributed by atoms with Gasteiger partial charge in [0.05, 0.1) is 17.2 Å². The van der Waals surface area contributed by atoms with Crippen molar-refractivity contribution < 1.29 is 4.42 Å². The molecule has 0 radical (unpaired) electrons. The summed E-state index contributed by atoms with van der Waals surface area (Å²) >= 11 is 1.65. The van der Waals surface area contributed by atoms with Crippen LogP contribution in [0.25, 0.3) is 0 Å². The van der Waals surface area contributed by atoms with Gasteiger partial charge < -0.3 is 9.73 Å². The minimum absolute atomic E-state index is 0.457. The molecule has 102 valence electrons. The molecule has 2 aromatic heterocycles. The van der Waals surface area contributed by atoms with E-state index in [-0.39, 0.29) is 0 Å². The number of nitrogens with zero attached hydrogens (tertiary/aromatic N) is 3. The quantitative estimate of drug-likeness (QED) is 0.927. The fourth-order valence-corrected chi connectivity index (χ4v) is 3.09. The summed E-state index contributed by atoms with van der Waals surface area (Å²) in [4.78, 5) is 4.39. The van der Waals surface area contributed by atoms with Crippen LogP contribution in [0.5, 0.6) is 0 Å². The van der Waals surface area contributed by atoms with Crippen molar-refractivity contribution in [3.8, 4) is 0 Å². The van der Waals surface area contributed by atoms with Crippen LogP contribution in [0.4, 0.5) is 6.01 Å². The normalized spacial score (nSPS) is 16.7. The predicted molar refractivity (Wildman–Crippen MR) is 74.3 cm³/mol. The SMILES string of the molecule is Cc1nc(CNc2nnc(C3CCCCC3)o2)cs1. The molecule has 2 heterocycles. The topological polar surface area (TPSA) is 63.8 Å². The summed E-state index contributed by atoms with van der Waals surface area (Å²) in [6.07, 6.45) is 6.22. The van der Waals surface area contributed by atoms with Crippen LogP contribution in [0.15, 0.2) is 9.80 Å². The summed E-state index contributed by atoms with van der Waals surface area (Å²) in [7, 11) is 0. The largest absolute Gasteiger partial charge is 0.408 e. The van der Waals surface area contributed by atoms with E-state index in [1.165, 1.54) is 32.1 Å². The molecular formula is C13H18N4OS. The Morgan fingerprint density at radius 3 is 2.89 bits per heavy atom. The van der Waals surface area contributed by atoms with Crippen molar-refractivity contribution in [2.24, 2.45) is 0 Å². The van der Waals surface area contributed by atoms with Gasteiger partial charge >= 0.3 is 6.01 Å². The maximum atomic E-state index is 5.69. The summed E-state index contributed by atoms with van der Waals surface area (Å²) in [6.45, 7) is 2.64. The van der Waals surface area contributed by atoms with Crippen molar-refractivity contribution >= 4 is 17.4 Å². The van der Waals surface area contributed by atoms with E-state index < -0.39 is 0 Å². The number of anilines is 1. The number of thiazole rings is 1. The van der Waals surface area contributed by atoms with E-state index in [4.69, 9.17) is 4.42 Å². The molecule has 0 amide bonds. The van der Waals surface area contributed by atoms with Crippen LogP contribution in [-0.4, -0.2) is 15.2 Å². The second-order valence-electron chi connectivity index (χ2n) is 4.99. The van der Waals surface area contributed by atoms with Crippen molar-refractivity contribution in [2.75, 3.05) is 5.32 Å². The van der Waals surface area contributed by atoms with Gasteiger partial charge in [-0.2, -0.15) is 0 Å². The zero-order valence-electron chi connectivity index (χ0n) is 11.1. The molecule has 1 fully saturated rings. The average molecular weight is 278 g/mol. The van der Waals surface area contributed by atoms with E-state index in [0.717, 1.165) is 16.6 Å². The molecule has 0 aliphatic heterocycles. The third-order valence-electron chi connectivity index (χ3n) is 3.48. The van der Waals surface area contributed by atoms with Crippen LogP contribution < -0.4 is 5.32 Å². The molecule has 3 rings (SSSR count). The molecule has 5 nitrogen and oxygen atoms in total. The number of aromatic nitrogens is 3. The van der Waals surface area contributed by atoms with Crippen LogP contribution in [0.3, 0.4) is 0 Å². The van der Waals surface area contributed by atoms with Gasteiger partial charge in [0.15, 0.2) is 0 Å². The van der Waals surface area contributed by atoms with Gasteiger partial charge in [-0.3, -0.25) is 0 Å². The molecule has 1 N–H and O–H groups in total. The zero-order valence-corrected chi connectivity index (χ0v) is 11.9. The van der Waals surface area contributed by atoms with Gasteiger partial charge in [0.2, 0.25) is 5.89 Å². The van der Waals surface area contributed by atoms with Crippen LogP contribution >= 0.6 is 11.3 Å². The zero-order chi connectivity index (χ0) is 13.1. The van der Waals surface area contributed by atoms with Crippen molar-refractivity contribution in [3.05, 3.63) is 22.0 Å². The second kappa shape index (κ2) is 5.69. The van der Waals surface area contributed by atoms with Crippen LogP contribution in [0.2, 0.25) is 0 Å². The van der Waals surface area contributed by atoms with E-state index in [1.807, 2.05) is 12.3 Å². The Hall–Kier alpha value is -1.43. The highest BCUT2D eigenvalue weighted by Crippen LogP contribution is 2.32. The summed E-state index contributed by atoms with van der Waals surface area (Å²) < 4.78 is 5.69. The number of aryl methyl sites for hydroxylation is 1. The van der Waals surface area contributed by atoms with E-state index in [9.17, 15) is 0 Å². The molecule has 0 unspecified atom stereocenters. The molecule has 0 atom stereocenters. The molecule has 0 aromatic carbocycles. The minimum Gasteiger partial charge on any atom is -0.408 e. The van der Waals surface area contributed by atoms with Gasteiger partial charge in [-0.15, -0.1) is 16.4 Å². The molecule has 0 saturated heterocycles. The highest BCUT2D eigenvalue weighted by atomic mass is 32.1.